The molecule has 6 atom stereocenters. The van der Waals surface area contributed by atoms with Crippen LogP contribution in [-0.4, -0.2) is 84.0 Å². The summed E-state index contributed by atoms with van der Waals surface area (Å²) in [5, 5.41) is 0. The molecule has 0 heterocycles. The second kappa shape index (κ2) is 43.4. The van der Waals surface area contributed by atoms with E-state index in [2.05, 4.69) is 6.92 Å². The summed E-state index contributed by atoms with van der Waals surface area (Å²) in [6.45, 7) is 31.6. The van der Waals surface area contributed by atoms with E-state index in [0.717, 1.165) is 51.4 Å². The van der Waals surface area contributed by atoms with Gasteiger partial charge in [0.05, 0.1) is 36.3 Å². The van der Waals surface area contributed by atoms with Gasteiger partial charge in [-0.25, -0.2) is 0 Å². The number of hydrogen-bond donors (Lipinski definition) is 8. The first-order valence-corrected chi connectivity index (χ1v) is 22.7. The van der Waals surface area contributed by atoms with E-state index in [-0.39, 0.29) is 106 Å². The second-order valence-electron chi connectivity index (χ2n) is 17.2. The number of ketones is 6. The molecule has 0 rings (SSSR count). The summed E-state index contributed by atoms with van der Waals surface area (Å²) in [6, 6.07) is -1.61. The van der Waals surface area contributed by atoms with Gasteiger partial charge >= 0.3 is 0 Å². The number of carbonyl (C=O) groups is 6. The fourth-order valence-corrected chi connectivity index (χ4v) is 4.79. The molecule has 0 bridgehead atoms. The van der Waals surface area contributed by atoms with Crippen molar-refractivity contribution in [3.05, 3.63) is 0 Å². The molecular formula is C46H100N8O6. The molecule has 0 fully saturated rings. The maximum Gasteiger partial charge on any atom is 0.152 e. The first-order valence-electron chi connectivity index (χ1n) is 22.7. The number of carbonyl (C=O) groups excluding carboxylic acids is 6. The van der Waals surface area contributed by atoms with Crippen LogP contribution in [0.4, 0.5) is 0 Å². The molecule has 0 radical (unpaired) electrons. The number of Topliss-reactive ketones (excluding diaryl/α,β-unsaturated/α-hetero) is 6. The highest BCUT2D eigenvalue weighted by Crippen LogP contribution is 2.06. The Morgan fingerprint density at radius 2 is 0.550 bits per heavy atom. The summed E-state index contributed by atoms with van der Waals surface area (Å²) in [6.07, 6.45) is 8.45. The average molecular weight is 861 g/mol. The third-order valence-electron chi connectivity index (χ3n) is 9.15. The van der Waals surface area contributed by atoms with E-state index in [1.165, 1.54) is 0 Å². The topological polar surface area (TPSA) is 311 Å². The Labute approximate surface area is 368 Å². The van der Waals surface area contributed by atoms with Gasteiger partial charge in [0, 0.05) is 35.5 Å². The molecule has 0 aromatic rings. The van der Waals surface area contributed by atoms with Crippen LogP contribution >= 0.6 is 0 Å². The Bertz CT molecular complexity index is 1010. The first kappa shape index (κ1) is 69.4. The molecule has 0 aliphatic heterocycles. The number of unbranched alkanes of at least 4 members (excludes halogenated alkanes) is 1. The minimum Gasteiger partial charge on any atom is -0.330 e. The monoisotopic (exact) mass is 861 g/mol. The predicted molar refractivity (Wildman–Crippen MR) is 254 cm³/mol. The molecule has 0 aliphatic rings. The molecule has 360 valence electrons. The lowest BCUT2D eigenvalue weighted by atomic mass is 9.98. The van der Waals surface area contributed by atoms with E-state index >= 15 is 0 Å². The van der Waals surface area contributed by atoms with E-state index in [1.54, 1.807) is 0 Å². The van der Waals surface area contributed by atoms with Crippen LogP contribution in [0.25, 0.3) is 0 Å². The zero-order valence-electron chi connectivity index (χ0n) is 41.5. The van der Waals surface area contributed by atoms with E-state index in [9.17, 15) is 28.8 Å². The Hall–Kier alpha value is -2.30. The van der Waals surface area contributed by atoms with Gasteiger partial charge in [-0.2, -0.15) is 0 Å². The van der Waals surface area contributed by atoms with Gasteiger partial charge in [-0.05, 0) is 58.0 Å². The summed E-state index contributed by atoms with van der Waals surface area (Å²) in [4.78, 5) is 66.5. The van der Waals surface area contributed by atoms with Crippen molar-refractivity contribution >= 4 is 34.7 Å². The van der Waals surface area contributed by atoms with Gasteiger partial charge < -0.3 is 45.9 Å². The molecule has 14 nitrogen and oxygen atoms in total. The van der Waals surface area contributed by atoms with Crippen molar-refractivity contribution in [1.29, 1.82) is 0 Å². The maximum atomic E-state index is 11.2. The minimum absolute atomic E-state index is 0.0292. The quantitative estimate of drug-likeness (QED) is 0.0624. The largest absolute Gasteiger partial charge is 0.330 e. The minimum atomic E-state index is -0.356. The van der Waals surface area contributed by atoms with Crippen molar-refractivity contribution in [2.45, 2.75) is 211 Å². The van der Waals surface area contributed by atoms with Crippen LogP contribution in [0.3, 0.4) is 0 Å². The normalized spacial score (nSPS) is 13.7. The van der Waals surface area contributed by atoms with Crippen molar-refractivity contribution in [3.63, 3.8) is 0 Å². The van der Waals surface area contributed by atoms with Gasteiger partial charge in [-0.3, -0.25) is 28.8 Å². The molecule has 0 saturated heterocycles. The maximum absolute atomic E-state index is 11.2. The Morgan fingerprint density at radius 1 is 0.317 bits per heavy atom. The van der Waals surface area contributed by atoms with Crippen LogP contribution < -0.4 is 45.9 Å². The zero-order valence-corrected chi connectivity index (χ0v) is 41.5. The van der Waals surface area contributed by atoms with E-state index in [4.69, 9.17) is 45.9 Å². The molecule has 0 saturated carbocycles. The van der Waals surface area contributed by atoms with Crippen molar-refractivity contribution in [2.24, 2.45) is 81.4 Å². The molecule has 0 aliphatic carbocycles. The number of hydrogen-bond acceptors (Lipinski definition) is 14. The molecule has 60 heavy (non-hydrogen) atoms. The van der Waals surface area contributed by atoms with Crippen LogP contribution in [-0.2, 0) is 28.8 Å². The zero-order chi connectivity index (χ0) is 48.9. The summed E-state index contributed by atoms with van der Waals surface area (Å²) < 4.78 is 0. The van der Waals surface area contributed by atoms with E-state index < -0.39 is 0 Å². The first-order chi connectivity index (χ1) is 27.5. The van der Waals surface area contributed by atoms with Crippen molar-refractivity contribution in [3.8, 4) is 0 Å². The highest BCUT2D eigenvalue weighted by atomic mass is 16.1. The molecule has 14 heteroatoms. The van der Waals surface area contributed by atoms with Crippen LogP contribution in [0.1, 0.15) is 175 Å². The van der Waals surface area contributed by atoms with Crippen LogP contribution in [0.2, 0.25) is 0 Å². The Morgan fingerprint density at radius 3 is 0.733 bits per heavy atom. The highest BCUT2D eigenvalue weighted by Gasteiger charge is 2.18. The van der Waals surface area contributed by atoms with Gasteiger partial charge in [-0.1, -0.05) is 130 Å². The van der Waals surface area contributed by atoms with Crippen molar-refractivity contribution < 1.29 is 28.8 Å². The summed E-state index contributed by atoms with van der Waals surface area (Å²) in [7, 11) is 0. The van der Waals surface area contributed by atoms with Crippen molar-refractivity contribution in [1.82, 2.24) is 0 Å². The lowest BCUT2D eigenvalue weighted by Gasteiger charge is -2.11. The molecule has 0 spiro atoms. The fourth-order valence-electron chi connectivity index (χ4n) is 4.79. The molecule has 0 unspecified atom stereocenters. The second-order valence-corrected chi connectivity index (χ2v) is 17.2. The molecular weight excluding hydrogens is 761 g/mol. The third kappa shape index (κ3) is 41.1. The van der Waals surface area contributed by atoms with Crippen LogP contribution in [0.15, 0.2) is 0 Å². The smallest absolute Gasteiger partial charge is 0.152 e. The molecule has 0 aromatic carbocycles. The van der Waals surface area contributed by atoms with Gasteiger partial charge in [0.1, 0.15) is 0 Å². The molecule has 0 aromatic heterocycles. The third-order valence-corrected chi connectivity index (χ3v) is 9.15. The van der Waals surface area contributed by atoms with E-state index in [1.807, 2.05) is 104 Å². The Kier molecular flexibility index (Phi) is 50.1. The standard InChI is InChI=1S/C9H19NO.C8H18N2O.C8H17NO.C7H16N2O.2C7H15NO/c1-4-5-6-8(10)9(11)7(2)3;1-6(2)8(11)7(10)4-3-5-9;1-4-5-7(9)8(10)6(2)3;1-5(2)7(10)6(9)3-4-8;2*1-4-6(8)7(9)5(2)3/h7-8H,4-6,10H2,1-3H3;6-7H,3-5,9-10H2,1-2H3;6-7H,4-5,9H2,1-3H3;5-6H,3-4,8-9H2,1-2H3;2*5-6H,4,8H2,1-3H3/t8-;2*7-;3*6-/m101010/s1. The SMILES string of the molecule is CC(C)C(=O)[C@@H](N)CCCN.CC(C)C(=O)[C@@H](N)CCN.CCCC[C@@H](N)C(=O)C(C)C.CCC[C@@H](N)C(=O)C(C)C.CC[C@@H](N)C(=O)C(C)C.CC[C@H](N)C(=O)C(C)C. The van der Waals surface area contributed by atoms with Crippen LogP contribution in [0, 0.1) is 35.5 Å². The molecule has 0 amide bonds. The highest BCUT2D eigenvalue weighted by molar-refractivity contribution is 5.87. The summed E-state index contributed by atoms with van der Waals surface area (Å²) in [5.74, 6) is 1.35. The van der Waals surface area contributed by atoms with Gasteiger partial charge in [0.25, 0.3) is 0 Å². The van der Waals surface area contributed by atoms with Crippen molar-refractivity contribution in [2.75, 3.05) is 13.1 Å². The lowest BCUT2D eigenvalue weighted by molar-refractivity contribution is -0.124. The lowest BCUT2D eigenvalue weighted by Crippen LogP contribution is -2.35. The fraction of sp³-hybridized carbons (Fsp3) is 0.870. The van der Waals surface area contributed by atoms with Gasteiger partial charge in [0.2, 0.25) is 0 Å². The Balaban J connectivity index is -0.000000146. The summed E-state index contributed by atoms with van der Waals surface area (Å²) >= 11 is 0. The molecule has 16 N–H and O–H groups in total. The number of rotatable bonds is 24. The van der Waals surface area contributed by atoms with Crippen LogP contribution in [0.5, 0.6) is 0 Å². The van der Waals surface area contributed by atoms with Gasteiger partial charge in [-0.15, -0.1) is 0 Å². The average Bonchev–Trinajstić information content (AvgIpc) is 3.20. The van der Waals surface area contributed by atoms with E-state index in [0.29, 0.717) is 25.9 Å². The number of nitrogens with two attached hydrogens (primary N) is 8. The van der Waals surface area contributed by atoms with Gasteiger partial charge in [0.15, 0.2) is 34.7 Å². The summed E-state index contributed by atoms with van der Waals surface area (Å²) in [5.41, 5.74) is 43.8. The predicted octanol–water partition coefficient (Wildman–Crippen LogP) is 5.13.